The van der Waals surface area contributed by atoms with Crippen LogP contribution in [-0.2, 0) is 6.61 Å². The van der Waals surface area contributed by atoms with Crippen molar-refractivity contribution in [3.8, 4) is 5.75 Å². The fourth-order valence-corrected chi connectivity index (χ4v) is 1.43. The van der Waals surface area contributed by atoms with Crippen molar-refractivity contribution in [1.29, 1.82) is 0 Å². The van der Waals surface area contributed by atoms with Gasteiger partial charge in [0.1, 0.15) is 12.4 Å². The number of carbonyl (C=O) groups excluding carboxylic acids is 2. The Morgan fingerprint density at radius 1 is 1.26 bits per heavy atom. The van der Waals surface area contributed by atoms with Crippen molar-refractivity contribution in [2.75, 3.05) is 0 Å². The number of aldehydes is 2. The lowest BCUT2D eigenvalue weighted by atomic mass is 10.4. The van der Waals surface area contributed by atoms with Crippen molar-refractivity contribution in [2.24, 2.45) is 0 Å². The molecule has 0 saturated carbocycles. The third-order valence-electron chi connectivity index (χ3n) is 2.29. The molecular formula is C12H10O7. The van der Waals surface area contributed by atoms with Crippen molar-refractivity contribution in [3.63, 3.8) is 0 Å². The number of aliphatic hydroxyl groups is 2. The molecule has 0 saturated heterocycles. The van der Waals surface area contributed by atoms with Gasteiger partial charge in [0, 0.05) is 6.07 Å². The van der Waals surface area contributed by atoms with E-state index in [9.17, 15) is 14.7 Å². The molecule has 0 spiro atoms. The Bertz CT molecular complexity index is 581. The predicted octanol–water partition coefficient (Wildman–Crippen LogP) is 1.06. The van der Waals surface area contributed by atoms with E-state index in [0.29, 0.717) is 12.6 Å². The van der Waals surface area contributed by atoms with Crippen LogP contribution in [0.4, 0.5) is 0 Å². The molecule has 0 radical (unpaired) electrons. The molecule has 2 aromatic heterocycles. The van der Waals surface area contributed by atoms with Crippen LogP contribution in [0.5, 0.6) is 5.75 Å². The monoisotopic (exact) mass is 266 g/mol. The topological polar surface area (TPSA) is 110 Å². The predicted molar refractivity (Wildman–Crippen MR) is 59.7 cm³/mol. The van der Waals surface area contributed by atoms with Crippen molar-refractivity contribution < 1.29 is 33.4 Å². The summed E-state index contributed by atoms with van der Waals surface area (Å²) >= 11 is 0. The van der Waals surface area contributed by atoms with Crippen molar-refractivity contribution in [1.82, 2.24) is 0 Å². The second-order valence-corrected chi connectivity index (χ2v) is 3.55. The van der Waals surface area contributed by atoms with Gasteiger partial charge in [-0.15, -0.1) is 0 Å². The van der Waals surface area contributed by atoms with E-state index in [2.05, 4.69) is 0 Å². The smallest absolute Gasteiger partial charge is 0.257 e. The Morgan fingerprint density at radius 2 is 2.05 bits per heavy atom. The fourth-order valence-electron chi connectivity index (χ4n) is 1.43. The third-order valence-corrected chi connectivity index (χ3v) is 2.29. The van der Waals surface area contributed by atoms with E-state index in [4.69, 9.17) is 18.7 Å². The van der Waals surface area contributed by atoms with Crippen LogP contribution in [0.1, 0.15) is 38.9 Å². The molecule has 2 aromatic rings. The summed E-state index contributed by atoms with van der Waals surface area (Å²) in [4.78, 5) is 21.2. The minimum Gasteiger partial charge on any atom is -0.457 e. The Labute approximate surface area is 107 Å². The molecule has 0 bridgehead atoms. The van der Waals surface area contributed by atoms with Gasteiger partial charge in [0.2, 0.25) is 5.76 Å². The molecule has 0 aliphatic carbocycles. The molecule has 2 rings (SSSR count). The molecule has 0 aliphatic rings. The highest BCUT2D eigenvalue weighted by atomic mass is 16.6. The van der Waals surface area contributed by atoms with E-state index in [0.717, 1.165) is 0 Å². The molecular weight excluding hydrogens is 256 g/mol. The van der Waals surface area contributed by atoms with Crippen LogP contribution in [0, 0.1) is 0 Å². The van der Waals surface area contributed by atoms with Crippen LogP contribution in [0.2, 0.25) is 0 Å². The van der Waals surface area contributed by atoms with E-state index < -0.39 is 6.29 Å². The molecule has 2 N–H and O–H groups in total. The van der Waals surface area contributed by atoms with E-state index >= 15 is 0 Å². The molecule has 0 fully saturated rings. The minimum atomic E-state index is -1.49. The standard InChI is InChI=1S/C12H10O7/c13-4-7-1-2-9(17-7)12(16)19-10-3-8(5-14)18-11(10)6-15/h1-3,5-6,12-13,16H,4H2. The van der Waals surface area contributed by atoms with Crippen LogP contribution < -0.4 is 4.74 Å². The maximum absolute atomic E-state index is 10.7. The number of hydrogen-bond donors (Lipinski definition) is 2. The van der Waals surface area contributed by atoms with Gasteiger partial charge in [0.25, 0.3) is 6.29 Å². The van der Waals surface area contributed by atoms with Gasteiger partial charge in [-0.05, 0) is 12.1 Å². The summed E-state index contributed by atoms with van der Waals surface area (Å²) in [5.41, 5.74) is 0. The summed E-state index contributed by atoms with van der Waals surface area (Å²) < 4.78 is 15.0. The van der Waals surface area contributed by atoms with Crippen LogP contribution >= 0.6 is 0 Å². The lowest BCUT2D eigenvalue weighted by Crippen LogP contribution is -2.05. The van der Waals surface area contributed by atoms with Gasteiger partial charge in [-0.25, -0.2) is 0 Å². The Hall–Kier alpha value is -2.38. The highest BCUT2D eigenvalue weighted by Gasteiger charge is 2.19. The summed E-state index contributed by atoms with van der Waals surface area (Å²) in [6.45, 7) is -0.312. The van der Waals surface area contributed by atoms with Crippen LogP contribution in [0.25, 0.3) is 0 Å². The molecule has 100 valence electrons. The highest BCUT2D eigenvalue weighted by Crippen LogP contribution is 2.26. The third kappa shape index (κ3) is 2.72. The number of hydrogen-bond acceptors (Lipinski definition) is 7. The first kappa shape index (κ1) is 13.1. The molecule has 0 aliphatic heterocycles. The first-order valence-electron chi connectivity index (χ1n) is 5.26. The van der Waals surface area contributed by atoms with Gasteiger partial charge in [0.15, 0.2) is 29.8 Å². The lowest BCUT2D eigenvalue weighted by Gasteiger charge is -2.09. The van der Waals surface area contributed by atoms with Gasteiger partial charge < -0.3 is 23.8 Å². The first-order chi connectivity index (χ1) is 9.17. The number of aliphatic hydroxyl groups excluding tert-OH is 2. The zero-order chi connectivity index (χ0) is 13.8. The highest BCUT2D eigenvalue weighted by molar-refractivity contribution is 5.80. The summed E-state index contributed by atoms with van der Waals surface area (Å²) in [6, 6.07) is 4.06. The number of carbonyl (C=O) groups is 2. The Kier molecular flexibility index (Phi) is 3.79. The van der Waals surface area contributed by atoms with E-state index in [1.165, 1.54) is 18.2 Å². The van der Waals surface area contributed by atoms with E-state index in [-0.39, 0.29) is 35.4 Å². The number of furan rings is 2. The molecule has 2 heterocycles. The van der Waals surface area contributed by atoms with Gasteiger partial charge in [-0.2, -0.15) is 0 Å². The van der Waals surface area contributed by atoms with Crippen molar-refractivity contribution in [3.05, 3.63) is 41.2 Å². The maximum atomic E-state index is 10.7. The van der Waals surface area contributed by atoms with Gasteiger partial charge in [-0.1, -0.05) is 0 Å². The molecule has 1 atom stereocenters. The average Bonchev–Trinajstić information content (AvgIpc) is 3.04. The SMILES string of the molecule is O=Cc1cc(OC(O)c2ccc(CO)o2)c(C=O)o1. The normalized spacial score (nSPS) is 12.1. The number of rotatable bonds is 6. The first-order valence-corrected chi connectivity index (χ1v) is 5.26. The summed E-state index contributed by atoms with van der Waals surface area (Å²) in [7, 11) is 0. The largest absolute Gasteiger partial charge is 0.457 e. The van der Waals surface area contributed by atoms with Gasteiger partial charge >= 0.3 is 0 Å². The average molecular weight is 266 g/mol. The quantitative estimate of drug-likeness (QED) is 0.594. The van der Waals surface area contributed by atoms with Crippen molar-refractivity contribution in [2.45, 2.75) is 12.9 Å². The second-order valence-electron chi connectivity index (χ2n) is 3.55. The van der Waals surface area contributed by atoms with Crippen molar-refractivity contribution >= 4 is 12.6 Å². The van der Waals surface area contributed by atoms with E-state index in [1.807, 2.05) is 0 Å². The molecule has 0 amide bonds. The Balaban J connectivity index is 2.17. The zero-order valence-electron chi connectivity index (χ0n) is 9.61. The fraction of sp³-hybridized carbons (Fsp3) is 0.167. The lowest BCUT2D eigenvalue weighted by molar-refractivity contribution is -0.0375. The molecule has 7 heteroatoms. The van der Waals surface area contributed by atoms with Crippen LogP contribution in [0.15, 0.2) is 27.0 Å². The Morgan fingerprint density at radius 3 is 2.63 bits per heavy atom. The molecule has 1 unspecified atom stereocenters. The van der Waals surface area contributed by atoms with Crippen LogP contribution in [0.3, 0.4) is 0 Å². The molecule has 19 heavy (non-hydrogen) atoms. The number of ether oxygens (including phenoxy) is 1. The maximum Gasteiger partial charge on any atom is 0.257 e. The van der Waals surface area contributed by atoms with E-state index in [1.54, 1.807) is 0 Å². The second kappa shape index (κ2) is 5.51. The summed E-state index contributed by atoms with van der Waals surface area (Å²) in [5, 5.41) is 18.6. The van der Waals surface area contributed by atoms with Gasteiger partial charge in [0.05, 0.1) is 0 Å². The molecule has 7 nitrogen and oxygen atoms in total. The minimum absolute atomic E-state index is 0.0507. The summed E-state index contributed by atoms with van der Waals surface area (Å²) in [6.07, 6.45) is -0.726. The van der Waals surface area contributed by atoms with Crippen LogP contribution in [-0.4, -0.2) is 22.8 Å². The molecule has 0 aromatic carbocycles. The van der Waals surface area contributed by atoms with Gasteiger partial charge in [-0.3, -0.25) is 9.59 Å². The zero-order valence-corrected chi connectivity index (χ0v) is 9.61. The summed E-state index contributed by atoms with van der Waals surface area (Å²) in [5.74, 6) is -0.0785.